The van der Waals surface area contributed by atoms with E-state index in [1.165, 1.54) is 116 Å². The number of carboxylic acids is 1. The van der Waals surface area contributed by atoms with Crippen LogP contribution < -0.4 is 5.73 Å². The monoisotopic (exact) mass is 814 g/mol. The molecule has 0 saturated carbocycles. The van der Waals surface area contributed by atoms with Crippen LogP contribution in [0.15, 0.2) is 36.5 Å². The maximum Gasteiger partial charge on any atom is 0.472 e. The molecule has 0 aliphatic carbocycles. The molecule has 4 N–H and O–H groups in total. The van der Waals surface area contributed by atoms with E-state index in [9.17, 15) is 23.8 Å². The van der Waals surface area contributed by atoms with Crippen molar-refractivity contribution in [3.8, 4) is 0 Å². The van der Waals surface area contributed by atoms with Crippen molar-refractivity contribution < 1.29 is 47.5 Å². The number of hydrogen-bond acceptors (Lipinski definition) is 9. The molecule has 3 atom stereocenters. The molecular formula is C44H80NO10P. The van der Waals surface area contributed by atoms with Gasteiger partial charge < -0.3 is 25.2 Å². The number of nitrogens with two attached hydrogens (primary N) is 1. The summed E-state index contributed by atoms with van der Waals surface area (Å²) in [6.45, 7) is 2.73. The fourth-order valence-electron chi connectivity index (χ4n) is 5.85. The van der Waals surface area contributed by atoms with Crippen molar-refractivity contribution in [1.82, 2.24) is 0 Å². The molecule has 0 aliphatic rings. The van der Waals surface area contributed by atoms with Crippen molar-refractivity contribution in [2.45, 2.75) is 206 Å². The quantitative estimate of drug-likeness (QED) is 0.0232. The Hall–Kier alpha value is -2.30. The van der Waals surface area contributed by atoms with E-state index >= 15 is 0 Å². The molecule has 56 heavy (non-hydrogen) atoms. The standard InChI is InChI=1S/C44H80NO10P/c1-3-5-7-9-11-13-15-17-19-20-22-23-25-27-29-31-33-35-42(46)52-37-40(38-53-56(50,51)54-39-41(45)44(48)49)55-43(47)36-34-32-30-28-26-24-21-18-16-14-12-10-8-6-4-2/h10,12,22-23,27,29,40-41H,3-9,11,13-21,24-26,28,30-39,45H2,1-2H3,(H,48,49)(H,50,51)/b12-10+,23-22+,29-27+/t40-,41+/m1/s1. The molecule has 12 heteroatoms. The largest absolute Gasteiger partial charge is 0.480 e. The smallest absolute Gasteiger partial charge is 0.472 e. The summed E-state index contributed by atoms with van der Waals surface area (Å²) < 4.78 is 32.6. The molecule has 0 bridgehead atoms. The van der Waals surface area contributed by atoms with Crippen LogP contribution in [0.5, 0.6) is 0 Å². The van der Waals surface area contributed by atoms with Gasteiger partial charge in [-0.25, -0.2) is 4.57 Å². The first-order valence-corrected chi connectivity index (χ1v) is 23.5. The van der Waals surface area contributed by atoms with E-state index in [0.29, 0.717) is 19.3 Å². The zero-order valence-corrected chi connectivity index (χ0v) is 36.1. The molecule has 0 aromatic carbocycles. The molecule has 0 aromatic rings. The minimum atomic E-state index is -4.72. The highest BCUT2D eigenvalue weighted by Crippen LogP contribution is 2.43. The second-order valence-electron chi connectivity index (χ2n) is 14.8. The lowest BCUT2D eigenvalue weighted by Gasteiger charge is -2.20. The van der Waals surface area contributed by atoms with Gasteiger partial charge in [0.25, 0.3) is 0 Å². The van der Waals surface area contributed by atoms with E-state index in [1.54, 1.807) is 0 Å². The summed E-state index contributed by atoms with van der Waals surface area (Å²) in [5, 5.41) is 8.88. The Kier molecular flexibility index (Phi) is 37.9. The first-order valence-electron chi connectivity index (χ1n) is 22.0. The summed E-state index contributed by atoms with van der Waals surface area (Å²) >= 11 is 0. The Morgan fingerprint density at radius 2 is 0.982 bits per heavy atom. The lowest BCUT2D eigenvalue weighted by molar-refractivity contribution is -0.161. The van der Waals surface area contributed by atoms with E-state index in [1.807, 2.05) is 6.08 Å². The molecule has 1 unspecified atom stereocenters. The number of carboxylic acid groups (broad SMARTS) is 1. The van der Waals surface area contributed by atoms with Crippen LogP contribution in [-0.4, -0.2) is 59.9 Å². The van der Waals surface area contributed by atoms with Crippen LogP contribution in [0.3, 0.4) is 0 Å². The molecule has 0 radical (unpaired) electrons. The zero-order valence-electron chi connectivity index (χ0n) is 35.2. The summed E-state index contributed by atoms with van der Waals surface area (Å²) in [5.41, 5.74) is 5.33. The van der Waals surface area contributed by atoms with Gasteiger partial charge in [-0.15, -0.1) is 0 Å². The van der Waals surface area contributed by atoms with Gasteiger partial charge in [0, 0.05) is 12.8 Å². The minimum absolute atomic E-state index is 0.151. The molecule has 0 saturated heterocycles. The highest BCUT2D eigenvalue weighted by atomic mass is 31.2. The second kappa shape index (κ2) is 39.5. The predicted molar refractivity (Wildman–Crippen MR) is 226 cm³/mol. The number of allylic oxidation sites excluding steroid dienone is 6. The first kappa shape index (κ1) is 53.7. The van der Waals surface area contributed by atoms with Gasteiger partial charge in [-0.3, -0.25) is 23.4 Å². The van der Waals surface area contributed by atoms with E-state index in [2.05, 4.69) is 48.8 Å². The third-order valence-electron chi connectivity index (χ3n) is 9.36. The molecule has 11 nitrogen and oxygen atoms in total. The number of carbonyl (C=O) groups is 3. The Morgan fingerprint density at radius 3 is 1.52 bits per heavy atom. The number of carbonyl (C=O) groups excluding carboxylic acids is 2. The van der Waals surface area contributed by atoms with Crippen LogP contribution in [0.1, 0.15) is 194 Å². The number of hydrogen-bond donors (Lipinski definition) is 3. The predicted octanol–water partition coefficient (Wildman–Crippen LogP) is 11.6. The molecular weight excluding hydrogens is 733 g/mol. The van der Waals surface area contributed by atoms with Gasteiger partial charge in [0.05, 0.1) is 13.2 Å². The summed E-state index contributed by atoms with van der Waals surface area (Å²) in [6.07, 6.45) is 42.1. The number of unbranched alkanes of at least 4 members (excludes halogenated alkanes) is 21. The van der Waals surface area contributed by atoms with Crippen LogP contribution in [0.4, 0.5) is 0 Å². The van der Waals surface area contributed by atoms with Crippen molar-refractivity contribution in [1.29, 1.82) is 0 Å². The minimum Gasteiger partial charge on any atom is -0.480 e. The van der Waals surface area contributed by atoms with Crippen molar-refractivity contribution in [3.63, 3.8) is 0 Å². The lowest BCUT2D eigenvalue weighted by atomic mass is 10.1. The molecule has 0 aliphatic heterocycles. The van der Waals surface area contributed by atoms with Crippen LogP contribution >= 0.6 is 7.82 Å². The topological polar surface area (TPSA) is 172 Å². The summed E-state index contributed by atoms with van der Waals surface area (Å²) in [4.78, 5) is 45.9. The average Bonchev–Trinajstić information content (AvgIpc) is 3.17. The van der Waals surface area contributed by atoms with Crippen molar-refractivity contribution in [2.24, 2.45) is 5.73 Å². The number of phosphoric ester groups is 1. The summed E-state index contributed by atoms with van der Waals surface area (Å²) in [6, 6.07) is -1.53. The van der Waals surface area contributed by atoms with Gasteiger partial charge in [-0.2, -0.15) is 0 Å². The van der Waals surface area contributed by atoms with Crippen molar-refractivity contribution in [3.05, 3.63) is 36.5 Å². The Bertz CT molecular complexity index is 1100. The fourth-order valence-corrected chi connectivity index (χ4v) is 6.63. The Labute approximate surface area is 340 Å². The molecule has 0 rings (SSSR count). The van der Waals surface area contributed by atoms with Gasteiger partial charge in [0.15, 0.2) is 6.10 Å². The van der Waals surface area contributed by atoms with Crippen LogP contribution in [0.2, 0.25) is 0 Å². The van der Waals surface area contributed by atoms with Crippen LogP contribution in [0.25, 0.3) is 0 Å². The summed E-state index contributed by atoms with van der Waals surface area (Å²) in [7, 11) is -4.72. The molecule has 0 spiro atoms. The third kappa shape index (κ3) is 38.6. The fraction of sp³-hybridized carbons (Fsp3) is 0.795. The molecule has 0 amide bonds. The third-order valence-corrected chi connectivity index (χ3v) is 10.3. The van der Waals surface area contributed by atoms with E-state index in [4.69, 9.17) is 24.8 Å². The van der Waals surface area contributed by atoms with Gasteiger partial charge in [-0.05, 0) is 57.8 Å². The normalized spacial score (nSPS) is 14.1. The van der Waals surface area contributed by atoms with Gasteiger partial charge in [0.2, 0.25) is 0 Å². The Balaban J connectivity index is 4.41. The highest BCUT2D eigenvalue weighted by Gasteiger charge is 2.28. The van der Waals surface area contributed by atoms with E-state index < -0.39 is 51.1 Å². The number of phosphoric acid groups is 1. The van der Waals surface area contributed by atoms with E-state index in [-0.39, 0.29) is 19.4 Å². The highest BCUT2D eigenvalue weighted by molar-refractivity contribution is 7.47. The SMILES string of the molecule is CCCC/C=C/CCCCCCCCCCCC(=O)O[C@H](COC(=O)CCC/C=C/C/C=C/CCCCCCCCCCC)COP(=O)(O)OC[C@H](N)C(=O)O. The number of rotatable bonds is 41. The van der Waals surface area contributed by atoms with Gasteiger partial charge in [-0.1, -0.05) is 159 Å². The molecule has 0 heterocycles. The van der Waals surface area contributed by atoms with E-state index in [0.717, 1.165) is 32.1 Å². The lowest BCUT2D eigenvalue weighted by Crippen LogP contribution is -2.34. The summed E-state index contributed by atoms with van der Waals surface area (Å²) in [5.74, 6) is -2.44. The molecule has 0 aromatic heterocycles. The van der Waals surface area contributed by atoms with Crippen molar-refractivity contribution in [2.75, 3.05) is 19.8 Å². The molecule has 0 fully saturated rings. The first-order chi connectivity index (χ1) is 27.1. The average molecular weight is 814 g/mol. The van der Waals surface area contributed by atoms with Gasteiger partial charge in [0.1, 0.15) is 12.6 Å². The number of ether oxygens (including phenoxy) is 2. The number of aliphatic carboxylic acids is 1. The maximum absolute atomic E-state index is 12.6. The maximum atomic E-state index is 12.6. The number of esters is 2. The second-order valence-corrected chi connectivity index (χ2v) is 16.3. The van der Waals surface area contributed by atoms with Crippen molar-refractivity contribution >= 4 is 25.7 Å². The van der Waals surface area contributed by atoms with Crippen LogP contribution in [-0.2, 0) is 37.5 Å². The molecule has 326 valence electrons. The zero-order chi connectivity index (χ0) is 41.4. The van der Waals surface area contributed by atoms with Gasteiger partial charge >= 0.3 is 25.7 Å². The Morgan fingerprint density at radius 1 is 0.554 bits per heavy atom. The van der Waals surface area contributed by atoms with Crippen LogP contribution in [0, 0.1) is 0 Å².